The van der Waals surface area contributed by atoms with Crippen molar-refractivity contribution >= 4 is 48.6 Å². The molecular weight excluding hydrogens is 404 g/mol. The van der Waals surface area contributed by atoms with E-state index >= 15 is 0 Å². The second-order valence-corrected chi connectivity index (χ2v) is 9.71. The lowest BCUT2D eigenvalue weighted by Crippen LogP contribution is -2.22. The number of nitrogens with zero attached hydrogens (tertiary/aromatic N) is 1. The molecule has 0 atom stereocenters. The van der Waals surface area contributed by atoms with Gasteiger partial charge in [-0.15, -0.1) is 11.3 Å². The van der Waals surface area contributed by atoms with E-state index in [2.05, 4.69) is 25.6 Å². The van der Waals surface area contributed by atoms with E-state index in [-0.39, 0.29) is 6.54 Å². The van der Waals surface area contributed by atoms with Gasteiger partial charge in [0.1, 0.15) is 4.21 Å². The fourth-order valence-corrected chi connectivity index (χ4v) is 5.60. The Bertz CT molecular complexity index is 873. The fourth-order valence-electron chi connectivity index (χ4n) is 1.86. The molecule has 0 aromatic carbocycles. The minimum Gasteiger partial charge on any atom is -0.264 e. The normalized spacial score (nSPS) is 11.7. The second kappa shape index (κ2) is 6.59. The largest absolute Gasteiger partial charge is 0.264 e. The number of nitrogens with one attached hydrogen (secondary N) is 1. The number of rotatable bonds is 5. The SMILES string of the molecule is O=S(=O)(NCc1cncc(-c2ccsc2)c1)c1ccc(Br)s1. The molecule has 4 nitrogen and oxygen atoms in total. The first-order valence-electron chi connectivity index (χ1n) is 6.26. The molecule has 0 saturated heterocycles. The van der Waals surface area contributed by atoms with Crippen LogP contribution in [0, 0.1) is 0 Å². The lowest BCUT2D eigenvalue weighted by Gasteiger charge is -2.06. The summed E-state index contributed by atoms with van der Waals surface area (Å²) < 4.78 is 28.1. The topological polar surface area (TPSA) is 59.1 Å². The van der Waals surface area contributed by atoms with E-state index in [1.54, 1.807) is 35.9 Å². The molecule has 0 radical (unpaired) electrons. The summed E-state index contributed by atoms with van der Waals surface area (Å²) in [7, 11) is -3.49. The highest BCUT2D eigenvalue weighted by atomic mass is 79.9. The molecule has 0 aliphatic rings. The monoisotopic (exact) mass is 414 g/mol. The van der Waals surface area contributed by atoms with Gasteiger partial charge in [0.25, 0.3) is 0 Å². The van der Waals surface area contributed by atoms with E-state index in [4.69, 9.17) is 0 Å². The van der Waals surface area contributed by atoms with Crippen molar-refractivity contribution in [3.63, 3.8) is 0 Å². The average molecular weight is 415 g/mol. The third-order valence-electron chi connectivity index (χ3n) is 2.93. The highest BCUT2D eigenvalue weighted by Gasteiger charge is 2.16. The number of halogens is 1. The van der Waals surface area contributed by atoms with Gasteiger partial charge in [-0.05, 0) is 62.1 Å². The first-order chi connectivity index (χ1) is 10.5. The standard InChI is InChI=1S/C14H11BrN2O2S3/c15-13-1-2-14(21-13)22(18,19)17-7-10-5-12(8-16-6-10)11-3-4-20-9-11/h1-6,8-9,17H,7H2. The average Bonchev–Trinajstić information content (AvgIpc) is 3.17. The molecule has 0 unspecified atom stereocenters. The molecular formula is C14H11BrN2O2S3. The molecule has 1 N–H and O–H groups in total. The van der Waals surface area contributed by atoms with Crippen LogP contribution < -0.4 is 4.72 Å². The Morgan fingerprint density at radius 3 is 2.73 bits per heavy atom. The summed E-state index contributed by atoms with van der Waals surface area (Å²) in [4.78, 5) is 4.18. The van der Waals surface area contributed by atoms with Crippen LogP contribution in [-0.2, 0) is 16.6 Å². The van der Waals surface area contributed by atoms with E-state index in [0.29, 0.717) is 4.21 Å². The number of aromatic nitrogens is 1. The van der Waals surface area contributed by atoms with Gasteiger partial charge in [0.05, 0.1) is 3.79 Å². The van der Waals surface area contributed by atoms with Crippen LogP contribution in [0.5, 0.6) is 0 Å². The van der Waals surface area contributed by atoms with Crippen molar-refractivity contribution in [2.24, 2.45) is 0 Å². The smallest absolute Gasteiger partial charge is 0.250 e. The third-order valence-corrected chi connectivity index (χ3v) is 7.13. The van der Waals surface area contributed by atoms with Gasteiger partial charge in [-0.2, -0.15) is 11.3 Å². The molecule has 114 valence electrons. The number of pyridine rings is 1. The molecule has 0 amide bonds. The molecule has 0 aliphatic carbocycles. The van der Waals surface area contributed by atoms with Crippen molar-refractivity contribution in [2.45, 2.75) is 10.8 Å². The summed E-state index contributed by atoms with van der Waals surface area (Å²) in [6.07, 6.45) is 3.44. The van der Waals surface area contributed by atoms with Crippen LogP contribution in [0.1, 0.15) is 5.56 Å². The number of hydrogen-bond acceptors (Lipinski definition) is 5. The highest BCUT2D eigenvalue weighted by Crippen LogP contribution is 2.26. The van der Waals surface area contributed by atoms with Crippen LogP contribution in [0.15, 0.2) is 55.4 Å². The molecule has 0 bridgehead atoms. The summed E-state index contributed by atoms with van der Waals surface area (Å²) in [6.45, 7) is 0.211. The van der Waals surface area contributed by atoms with Gasteiger partial charge in [-0.25, -0.2) is 13.1 Å². The number of sulfonamides is 1. The molecule has 8 heteroatoms. The first-order valence-corrected chi connectivity index (χ1v) is 10.3. The Labute approximate surface area is 145 Å². The van der Waals surface area contributed by atoms with E-state index in [9.17, 15) is 8.42 Å². The van der Waals surface area contributed by atoms with Crippen LogP contribution in [0.2, 0.25) is 0 Å². The van der Waals surface area contributed by atoms with Crippen LogP contribution in [0.3, 0.4) is 0 Å². The summed E-state index contributed by atoms with van der Waals surface area (Å²) in [6, 6.07) is 7.26. The zero-order chi connectivity index (χ0) is 15.6. The maximum Gasteiger partial charge on any atom is 0.250 e. The van der Waals surface area contributed by atoms with Crippen molar-refractivity contribution in [1.29, 1.82) is 0 Å². The summed E-state index contributed by atoms with van der Waals surface area (Å²) in [5.74, 6) is 0. The van der Waals surface area contributed by atoms with Crippen LogP contribution >= 0.6 is 38.6 Å². The van der Waals surface area contributed by atoms with Gasteiger partial charge in [0, 0.05) is 24.5 Å². The lowest BCUT2D eigenvalue weighted by molar-refractivity contribution is 0.583. The summed E-state index contributed by atoms with van der Waals surface area (Å²) >= 11 is 6.07. The van der Waals surface area contributed by atoms with Crippen LogP contribution in [0.4, 0.5) is 0 Å². The quantitative estimate of drug-likeness (QED) is 0.682. The number of hydrogen-bond donors (Lipinski definition) is 1. The summed E-state index contributed by atoms with van der Waals surface area (Å²) in [5, 5.41) is 4.04. The third kappa shape index (κ3) is 3.64. The van der Waals surface area contributed by atoms with Gasteiger partial charge >= 0.3 is 0 Å². The molecule has 3 rings (SSSR count). The van der Waals surface area contributed by atoms with Gasteiger partial charge in [0.2, 0.25) is 10.0 Å². The zero-order valence-corrected chi connectivity index (χ0v) is 15.2. The van der Waals surface area contributed by atoms with Gasteiger partial charge < -0.3 is 0 Å². The van der Waals surface area contributed by atoms with Crippen molar-refractivity contribution in [2.75, 3.05) is 0 Å². The summed E-state index contributed by atoms with van der Waals surface area (Å²) in [5.41, 5.74) is 2.89. The molecule has 0 saturated carbocycles. The minimum atomic E-state index is -3.49. The van der Waals surface area contributed by atoms with E-state index in [1.807, 2.05) is 22.9 Å². The molecule has 0 spiro atoms. The Morgan fingerprint density at radius 2 is 2.05 bits per heavy atom. The lowest BCUT2D eigenvalue weighted by atomic mass is 10.1. The number of thiophene rings is 2. The van der Waals surface area contributed by atoms with Crippen molar-refractivity contribution in [3.8, 4) is 11.1 Å². The Kier molecular flexibility index (Phi) is 4.74. The van der Waals surface area contributed by atoms with E-state index in [1.165, 1.54) is 11.3 Å². The molecule has 3 aromatic rings. The first kappa shape index (κ1) is 15.8. The molecule has 22 heavy (non-hydrogen) atoms. The maximum atomic E-state index is 12.2. The predicted octanol–water partition coefficient (Wildman–Crippen LogP) is 4.11. The predicted molar refractivity (Wildman–Crippen MR) is 93.6 cm³/mol. The Morgan fingerprint density at radius 1 is 1.18 bits per heavy atom. The van der Waals surface area contributed by atoms with Crippen LogP contribution in [0.25, 0.3) is 11.1 Å². The van der Waals surface area contributed by atoms with Crippen molar-refractivity contribution < 1.29 is 8.42 Å². The van der Waals surface area contributed by atoms with Crippen molar-refractivity contribution in [1.82, 2.24) is 9.71 Å². The highest BCUT2D eigenvalue weighted by molar-refractivity contribution is 9.11. The molecule has 0 fully saturated rings. The molecule has 3 heterocycles. The molecule has 3 aromatic heterocycles. The van der Waals surface area contributed by atoms with E-state index in [0.717, 1.165) is 20.5 Å². The molecule has 0 aliphatic heterocycles. The maximum absolute atomic E-state index is 12.2. The second-order valence-electron chi connectivity index (χ2n) is 4.48. The zero-order valence-electron chi connectivity index (χ0n) is 11.2. The van der Waals surface area contributed by atoms with Gasteiger partial charge in [0.15, 0.2) is 0 Å². The van der Waals surface area contributed by atoms with Crippen molar-refractivity contribution in [3.05, 3.63) is 56.8 Å². The fraction of sp³-hybridized carbons (Fsp3) is 0.0714. The van der Waals surface area contributed by atoms with Crippen LogP contribution in [-0.4, -0.2) is 13.4 Å². The van der Waals surface area contributed by atoms with Gasteiger partial charge in [-0.1, -0.05) is 0 Å². The Balaban J connectivity index is 1.75. The van der Waals surface area contributed by atoms with Gasteiger partial charge in [-0.3, -0.25) is 4.98 Å². The Hall–Kier alpha value is -1.06. The van der Waals surface area contributed by atoms with E-state index < -0.39 is 10.0 Å². The minimum absolute atomic E-state index is 0.211.